The molecule has 28 heavy (non-hydrogen) atoms. The quantitative estimate of drug-likeness (QED) is 0.816. The van der Waals surface area contributed by atoms with E-state index in [9.17, 15) is 9.18 Å². The second-order valence-electron chi connectivity index (χ2n) is 7.69. The number of aromatic nitrogens is 2. The molecule has 1 amide bonds. The average molecular weight is 383 g/mol. The first-order chi connectivity index (χ1) is 13.6. The van der Waals surface area contributed by atoms with Gasteiger partial charge in [0.15, 0.2) is 0 Å². The Kier molecular flexibility index (Phi) is 5.41. The van der Waals surface area contributed by atoms with E-state index in [1.807, 2.05) is 23.1 Å². The van der Waals surface area contributed by atoms with Crippen LogP contribution < -0.4 is 9.80 Å². The van der Waals surface area contributed by atoms with Crippen molar-refractivity contribution in [3.8, 4) is 0 Å². The van der Waals surface area contributed by atoms with Crippen LogP contribution in [0.4, 0.5) is 15.9 Å². The van der Waals surface area contributed by atoms with Gasteiger partial charge in [0.2, 0.25) is 0 Å². The molecule has 0 aliphatic carbocycles. The zero-order valence-corrected chi connectivity index (χ0v) is 16.2. The maximum absolute atomic E-state index is 13.1. The van der Waals surface area contributed by atoms with Gasteiger partial charge in [0.25, 0.3) is 5.91 Å². The van der Waals surface area contributed by atoms with E-state index in [2.05, 4.69) is 26.7 Å². The third-order valence-corrected chi connectivity index (χ3v) is 5.74. The number of carbonyl (C=O) groups is 1. The smallest absolute Gasteiger partial charge is 0.272 e. The summed E-state index contributed by atoms with van der Waals surface area (Å²) in [6.07, 6.45) is 3.59. The molecule has 1 aromatic carbocycles. The fraction of sp³-hybridized carbons (Fsp3) is 0.476. The van der Waals surface area contributed by atoms with Gasteiger partial charge < -0.3 is 14.7 Å². The predicted octanol–water partition coefficient (Wildman–Crippen LogP) is 2.81. The maximum atomic E-state index is 13.1. The van der Waals surface area contributed by atoms with Crippen LogP contribution in [-0.2, 0) is 0 Å². The molecule has 2 saturated heterocycles. The molecule has 2 fully saturated rings. The van der Waals surface area contributed by atoms with E-state index in [1.165, 1.54) is 18.5 Å². The van der Waals surface area contributed by atoms with Gasteiger partial charge in [0, 0.05) is 51.0 Å². The number of carbonyl (C=O) groups excluding carboxylic acids is 1. The van der Waals surface area contributed by atoms with E-state index in [1.54, 1.807) is 0 Å². The van der Waals surface area contributed by atoms with Crippen LogP contribution in [0.5, 0.6) is 0 Å². The number of amides is 1. The van der Waals surface area contributed by atoms with Crippen LogP contribution in [0.1, 0.15) is 30.3 Å². The lowest BCUT2D eigenvalue weighted by Crippen LogP contribution is -2.47. The summed E-state index contributed by atoms with van der Waals surface area (Å²) in [6.45, 7) is 7.07. The van der Waals surface area contributed by atoms with Crippen LogP contribution in [0, 0.1) is 11.7 Å². The SMILES string of the molecule is CC1CCN(C(=O)c2cc(N3CCN(c4ccc(F)cc4)CC3)ncn2)CC1. The van der Waals surface area contributed by atoms with Crippen LogP contribution in [0.2, 0.25) is 0 Å². The summed E-state index contributed by atoms with van der Waals surface area (Å²) in [5.41, 5.74) is 1.50. The topological polar surface area (TPSA) is 52.6 Å². The summed E-state index contributed by atoms with van der Waals surface area (Å²) >= 11 is 0. The number of likely N-dealkylation sites (tertiary alicyclic amines) is 1. The van der Waals surface area contributed by atoms with Crippen LogP contribution in [0.3, 0.4) is 0 Å². The Morgan fingerprint density at radius 2 is 1.61 bits per heavy atom. The maximum Gasteiger partial charge on any atom is 0.272 e. The molecule has 0 bridgehead atoms. The molecule has 2 aromatic rings. The van der Waals surface area contributed by atoms with E-state index < -0.39 is 0 Å². The molecule has 0 radical (unpaired) electrons. The largest absolute Gasteiger partial charge is 0.368 e. The summed E-state index contributed by atoms with van der Waals surface area (Å²) in [7, 11) is 0. The molecule has 7 heteroatoms. The first-order valence-corrected chi connectivity index (χ1v) is 9.97. The zero-order chi connectivity index (χ0) is 19.5. The summed E-state index contributed by atoms with van der Waals surface area (Å²) < 4.78 is 13.1. The molecule has 0 spiro atoms. The Balaban J connectivity index is 1.39. The number of hydrogen-bond acceptors (Lipinski definition) is 5. The molecule has 2 aliphatic rings. The molecule has 2 aliphatic heterocycles. The van der Waals surface area contributed by atoms with Gasteiger partial charge in [0.1, 0.15) is 23.7 Å². The third-order valence-electron chi connectivity index (χ3n) is 5.74. The number of benzene rings is 1. The lowest BCUT2D eigenvalue weighted by molar-refractivity contribution is 0.0691. The van der Waals surface area contributed by atoms with E-state index in [-0.39, 0.29) is 11.7 Å². The number of piperazine rings is 1. The lowest BCUT2D eigenvalue weighted by atomic mass is 9.99. The Labute approximate surface area is 165 Å². The van der Waals surface area contributed by atoms with Crippen LogP contribution in [0.25, 0.3) is 0 Å². The van der Waals surface area contributed by atoms with E-state index in [0.29, 0.717) is 11.6 Å². The van der Waals surface area contributed by atoms with Gasteiger partial charge in [-0.05, 0) is 43.0 Å². The molecule has 1 aromatic heterocycles. The van der Waals surface area contributed by atoms with Crippen molar-refractivity contribution in [1.82, 2.24) is 14.9 Å². The van der Waals surface area contributed by atoms with Gasteiger partial charge in [-0.2, -0.15) is 0 Å². The summed E-state index contributed by atoms with van der Waals surface area (Å²) in [5, 5.41) is 0. The van der Waals surface area contributed by atoms with Gasteiger partial charge in [-0.15, -0.1) is 0 Å². The Morgan fingerprint density at radius 3 is 2.29 bits per heavy atom. The van der Waals surface area contributed by atoms with Crippen molar-refractivity contribution in [2.45, 2.75) is 19.8 Å². The third kappa shape index (κ3) is 4.08. The summed E-state index contributed by atoms with van der Waals surface area (Å²) in [4.78, 5) is 27.7. The first kappa shape index (κ1) is 18.7. The molecule has 6 nitrogen and oxygen atoms in total. The second kappa shape index (κ2) is 8.12. The van der Waals surface area contributed by atoms with Crippen LogP contribution >= 0.6 is 0 Å². The van der Waals surface area contributed by atoms with Crippen molar-refractivity contribution in [3.63, 3.8) is 0 Å². The fourth-order valence-electron chi connectivity index (χ4n) is 3.86. The highest BCUT2D eigenvalue weighted by molar-refractivity contribution is 5.93. The molecule has 4 rings (SSSR count). The first-order valence-electron chi connectivity index (χ1n) is 9.97. The minimum atomic E-state index is -0.219. The van der Waals surface area contributed by atoms with Crippen molar-refractivity contribution in [3.05, 3.63) is 48.2 Å². The minimum Gasteiger partial charge on any atom is -0.368 e. The molecule has 148 valence electrons. The summed E-state index contributed by atoms with van der Waals surface area (Å²) in [5.74, 6) is 1.26. The Hall–Kier alpha value is -2.70. The highest BCUT2D eigenvalue weighted by atomic mass is 19.1. The lowest BCUT2D eigenvalue weighted by Gasteiger charge is -2.36. The van der Waals surface area contributed by atoms with E-state index >= 15 is 0 Å². The molecule has 0 N–H and O–H groups in total. The molecule has 3 heterocycles. The average Bonchev–Trinajstić information content (AvgIpc) is 2.75. The molecular weight excluding hydrogens is 357 g/mol. The molecular formula is C21H26FN5O. The zero-order valence-electron chi connectivity index (χ0n) is 16.2. The molecule has 0 atom stereocenters. The van der Waals surface area contributed by atoms with Crippen molar-refractivity contribution >= 4 is 17.4 Å². The van der Waals surface area contributed by atoms with Crippen LogP contribution in [0.15, 0.2) is 36.7 Å². The number of piperidine rings is 1. The number of hydrogen-bond donors (Lipinski definition) is 0. The standard InChI is InChI=1S/C21H26FN5O/c1-16-6-8-27(9-7-16)21(28)19-14-20(24-15-23-19)26-12-10-25(11-13-26)18-4-2-17(22)3-5-18/h2-5,14-16H,6-13H2,1H3. The highest BCUT2D eigenvalue weighted by Gasteiger charge is 2.24. The number of rotatable bonds is 3. The van der Waals surface area contributed by atoms with Crippen molar-refractivity contribution < 1.29 is 9.18 Å². The van der Waals surface area contributed by atoms with E-state index in [4.69, 9.17) is 0 Å². The summed E-state index contributed by atoms with van der Waals surface area (Å²) in [6, 6.07) is 8.42. The van der Waals surface area contributed by atoms with Gasteiger partial charge in [-0.25, -0.2) is 14.4 Å². The number of nitrogens with zero attached hydrogens (tertiary/aromatic N) is 5. The van der Waals surface area contributed by atoms with Gasteiger partial charge in [-0.3, -0.25) is 4.79 Å². The molecule has 0 saturated carbocycles. The monoisotopic (exact) mass is 383 g/mol. The number of halogens is 1. The van der Waals surface area contributed by atoms with Gasteiger partial charge >= 0.3 is 0 Å². The molecule has 0 unspecified atom stereocenters. The van der Waals surface area contributed by atoms with Gasteiger partial charge in [0.05, 0.1) is 0 Å². The van der Waals surface area contributed by atoms with Gasteiger partial charge in [-0.1, -0.05) is 6.92 Å². The fourth-order valence-corrected chi connectivity index (χ4v) is 3.86. The van der Waals surface area contributed by atoms with Crippen molar-refractivity contribution in [2.75, 3.05) is 49.1 Å². The van der Waals surface area contributed by atoms with Crippen molar-refractivity contribution in [2.24, 2.45) is 5.92 Å². The van der Waals surface area contributed by atoms with Crippen molar-refractivity contribution in [1.29, 1.82) is 0 Å². The second-order valence-corrected chi connectivity index (χ2v) is 7.69. The Morgan fingerprint density at radius 1 is 0.964 bits per heavy atom. The van der Waals surface area contributed by atoms with E-state index in [0.717, 1.165) is 63.6 Å². The predicted molar refractivity (Wildman–Crippen MR) is 107 cm³/mol. The minimum absolute atomic E-state index is 0.000461. The number of anilines is 2. The highest BCUT2D eigenvalue weighted by Crippen LogP contribution is 2.21. The van der Waals surface area contributed by atoms with Crippen LogP contribution in [-0.4, -0.2) is 60.0 Å². The Bertz CT molecular complexity index is 812. The normalized spacial score (nSPS) is 18.4.